The number of aromatic nitrogens is 7. The van der Waals surface area contributed by atoms with Gasteiger partial charge < -0.3 is 0 Å². The van der Waals surface area contributed by atoms with Crippen LogP contribution in [0.25, 0.3) is 17.2 Å². The summed E-state index contributed by atoms with van der Waals surface area (Å²) < 4.78 is 43.4. The van der Waals surface area contributed by atoms with Crippen LogP contribution >= 0.6 is 0 Å². The van der Waals surface area contributed by atoms with Crippen molar-refractivity contribution in [2.75, 3.05) is 0 Å². The van der Waals surface area contributed by atoms with Gasteiger partial charge in [-0.15, -0.1) is 0 Å². The van der Waals surface area contributed by atoms with E-state index in [4.69, 9.17) is 5.10 Å². The second-order valence-corrected chi connectivity index (χ2v) is 8.37. The molecule has 1 fully saturated rings. The minimum atomic E-state index is -2.67. The van der Waals surface area contributed by atoms with Crippen molar-refractivity contribution >= 4 is 0 Å². The first-order valence-electron chi connectivity index (χ1n) is 10.7. The summed E-state index contributed by atoms with van der Waals surface area (Å²) in [6, 6.07) is 6.00. The maximum absolute atomic E-state index is 13.5. The molecular formula is C23H22F3N7. The van der Waals surface area contributed by atoms with E-state index in [-0.39, 0.29) is 11.5 Å². The molecule has 1 aliphatic rings. The Labute approximate surface area is 188 Å². The lowest BCUT2D eigenvalue weighted by Crippen LogP contribution is -2.10. The van der Waals surface area contributed by atoms with Crippen LogP contribution in [-0.4, -0.2) is 34.5 Å². The number of alkyl halides is 2. The Morgan fingerprint density at radius 2 is 1.88 bits per heavy atom. The van der Waals surface area contributed by atoms with Gasteiger partial charge in [0.2, 0.25) is 0 Å². The van der Waals surface area contributed by atoms with E-state index in [1.165, 1.54) is 24.7 Å². The van der Waals surface area contributed by atoms with Crippen LogP contribution in [0.2, 0.25) is 0 Å². The van der Waals surface area contributed by atoms with Crippen LogP contribution in [0, 0.1) is 25.6 Å². The van der Waals surface area contributed by atoms with E-state index in [1.54, 1.807) is 19.1 Å². The Bertz CT molecular complexity index is 1290. The molecule has 1 saturated carbocycles. The van der Waals surface area contributed by atoms with Gasteiger partial charge in [-0.25, -0.2) is 27.8 Å². The standard InChI is InChI=1S/C23H22F3N7/c1-13-7-20(23(25)26)33(30-13)21-9-17(28-12-29-21)8-19-14(2)22(18-6-5-16(24)10-27-18)31-32(19)11-15-3-4-15/h5-7,9-10,12,15,23H,3-4,8,11H2,1-2H3. The Balaban J connectivity index is 1.51. The summed E-state index contributed by atoms with van der Waals surface area (Å²) in [6.07, 6.45) is 2.63. The van der Waals surface area contributed by atoms with E-state index in [2.05, 4.69) is 20.1 Å². The SMILES string of the molecule is Cc1cc(C(F)F)n(-c2cc(Cc3c(C)c(-c4ccc(F)cn4)nn3CC3CC3)ncn2)n1. The molecule has 5 rings (SSSR count). The summed E-state index contributed by atoms with van der Waals surface area (Å²) in [5.74, 6) is 0.466. The molecule has 1 aliphatic carbocycles. The molecule has 7 nitrogen and oxygen atoms in total. The fourth-order valence-electron chi connectivity index (χ4n) is 3.89. The molecule has 0 atom stereocenters. The zero-order valence-corrected chi connectivity index (χ0v) is 18.2. The molecule has 0 bridgehead atoms. The van der Waals surface area contributed by atoms with Gasteiger partial charge in [0.15, 0.2) is 5.82 Å². The molecule has 0 spiro atoms. The Morgan fingerprint density at radius 1 is 1.06 bits per heavy atom. The van der Waals surface area contributed by atoms with E-state index in [1.807, 2.05) is 11.6 Å². The number of aryl methyl sites for hydroxylation is 1. The summed E-state index contributed by atoms with van der Waals surface area (Å²) in [5, 5.41) is 8.95. The topological polar surface area (TPSA) is 74.3 Å². The molecule has 170 valence electrons. The molecule has 33 heavy (non-hydrogen) atoms. The van der Waals surface area contributed by atoms with Gasteiger partial charge in [-0.05, 0) is 50.8 Å². The van der Waals surface area contributed by atoms with Crippen LogP contribution < -0.4 is 0 Å². The van der Waals surface area contributed by atoms with Crippen LogP contribution in [0.4, 0.5) is 13.2 Å². The maximum atomic E-state index is 13.5. The lowest BCUT2D eigenvalue weighted by Gasteiger charge is -2.10. The smallest absolute Gasteiger partial charge is 0.268 e. The van der Waals surface area contributed by atoms with Crippen LogP contribution in [0.1, 0.15) is 47.6 Å². The van der Waals surface area contributed by atoms with E-state index in [9.17, 15) is 13.2 Å². The van der Waals surface area contributed by atoms with Crippen LogP contribution in [0.15, 0.2) is 36.8 Å². The molecule has 0 amide bonds. The minimum absolute atomic E-state index is 0.211. The lowest BCUT2D eigenvalue weighted by atomic mass is 10.1. The molecule has 0 saturated heterocycles. The third-order valence-electron chi connectivity index (χ3n) is 5.78. The molecule has 4 heterocycles. The highest BCUT2D eigenvalue weighted by molar-refractivity contribution is 5.60. The van der Waals surface area contributed by atoms with Crippen LogP contribution in [0.5, 0.6) is 0 Å². The van der Waals surface area contributed by atoms with Gasteiger partial charge in [0, 0.05) is 30.3 Å². The normalized spacial score (nSPS) is 13.8. The minimum Gasteiger partial charge on any atom is -0.268 e. The molecular weight excluding hydrogens is 431 g/mol. The molecule has 0 radical (unpaired) electrons. The lowest BCUT2D eigenvalue weighted by molar-refractivity contribution is 0.142. The molecule has 0 aliphatic heterocycles. The fraction of sp³-hybridized carbons (Fsp3) is 0.348. The van der Waals surface area contributed by atoms with E-state index < -0.39 is 12.2 Å². The number of hydrogen-bond donors (Lipinski definition) is 0. The Morgan fingerprint density at radius 3 is 2.58 bits per heavy atom. The van der Waals surface area contributed by atoms with Crippen LogP contribution in [-0.2, 0) is 13.0 Å². The predicted molar refractivity (Wildman–Crippen MR) is 115 cm³/mol. The molecule has 0 unspecified atom stereocenters. The van der Waals surface area contributed by atoms with Crippen molar-refractivity contribution in [3.8, 4) is 17.2 Å². The summed E-state index contributed by atoms with van der Waals surface area (Å²) >= 11 is 0. The first kappa shape index (κ1) is 21.3. The van der Waals surface area contributed by atoms with Crippen molar-refractivity contribution in [3.63, 3.8) is 0 Å². The fourth-order valence-corrected chi connectivity index (χ4v) is 3.89. The first-order valence-corrected chi connectivity index (χ1v) is 10.7. The number of pyridine rings is 1. The number of nitrogens with zero attached hydrogens (tertiary/aromatic N) is 7. The van der Waals surface area contributed by atoms with Gasteiger partial charge >= 0.3 is 0 Å². The zero-order valence-electron chi connectivity index (χ0n) is 18.2. The molecule has 10 heteroatoms. The van der Waals surface area contributed by atoms with Gasteiger partial charge in [0.05, 0.1) is 23.3 Å². The van der Waals surface area contributed by atoms with Gasteiger partial charge in [-0.1, -0.05) is 0 Å². The Kier molecular flexibility index (Phi) is 5.43. The van der Waals surface area contributed by atoms with Crippen molar-refractivity contribution in [1.29, 1.82) is 0 Å². The molecule has 4 aromatic heterocycles. The number of halogens is 3. The quantitative estimate of drug-likeness (QED) is 0.408. The van der Waals surface area contributed by atoms with E-state index in [0.29, 0.717) is 35.1 Å². The second kappa shape index (κ2) is 8.42. The van der Waals surface area contributed by atoms with Crippen LogP contribution in [0.3, 0.4) is 0 Å². The van der Waals surface area contributed by atoms with Gasteiger partial charge in [-0.2, -0.15) is 10.2 Å². The summed E-state index contributed by atoms with van der Waals surface area (Å²) in [7, 11) is 0. The van der Waals surface area contributed by atoms with Crippen molar-refractivity contribution in [2.24, 2.45) is 5.92 Å². The highest BCUT2D eigenvalue weighted by atomic mass is 19.3. The average molecular weight is 453 g/mol. The second-order valence-electron chi connectivity index (χ2n) is 8.37. The van der Waals surface area contributed by atoms with Crippen molar-refractivity contribution in [1.82, 2.24) is 34.5 Å². The third kappa shape index (κ3) is 4.37. The largest absolute Gasteiger partial charge is 0.280 e. The molecule has 0 aromatic carbocycles. The van der Waals surface area contributed by atoms with Gasteiger partial charge in [0.1, 0.15) is 23.5 Å². The maximum Gasteiger partial charge on any atom is 0.280 e. The van der Waals surface area contributed by atoms with Gasteiger partial charge in [0.25, 0.3) is 6.43 Å². The summed E-state index contributed by atoms with van der Waals surface area (Å²) in [6.45, 7) is 4.40. The van der Waals surface area contributed by atoms with Crippen molar-refractivity contribution < 1.29 is 13.2 Å². The van der Waals surface area contributed by atoms with Gasteiger partial charge in [-0.3, -0.25) is 9.67 Å². The molecule has 4 aromatic rings. The highest BCUT2D eigenvalue weighted by Gasteiger charge is 2.26. The van der Waals surface area contributed by atoms with Crippen molar-refractivity contribution in [3.05, 3.63) is 70.9 Å². The summed E-state index contributed by atoms with van der Waals surface area (Å²) in [4.78, 5) is 12.7. The van der Waals surface area contributed by atoms with Crippen molar-refractivity contribution in [2.45, 2.75) is 46.1 Å². The number of rotatable bonds is 7. The van der Waals surface area contributed by atoms with E-state index in [0.717, 1.165) is 35.3 Å². The first-order chi connectivity index (χ1) is 15.9. The average Bonchev–Trinajstić information content (AvgIpc) is 3.45. The monoisotopic (exact) mass is 453 g/mol. The summed E-state index contributed by atoms with van der Waals surface area (Å²) in [5.41, 5.74) is 4.12. The predicted octanol–water partition coefficient (Wildman–Crippen LogP) is 4.62. The zero-order chi connectivity index (χ0) is 23.1. The Hall–Kier alpha value is -3.56. The van der Waals surface area contributed by atoms with E-state index >= 15 is 0 Å². The number of hydrogen-bond acceptors (Lipinski definition) is 5. The molecule has 0 N–H and O–H groups in total. The third-order valence-corrected chi connectivity index (χ3v) is 5.78. The highest BCUT2D eigenvalue weighted by Crippen LogP contribution is 2.33.